The number of rotatable bonds is 0. The van der Waals surface area contributed by atoms with Crippen LogP contribution in [0.25, 0.3) is 27.5 Å². The van der Waals surface area contributed by atoms with Gasteiger partial charge in [-0.05, 0) is 22.0 Å². The van der Waals surface area contributed by atoms with E-state index in [-0.39, 0.29) is 0 Å². The minimum absolute atomic E-state index is 1.00. The quantitative estimate of drug-likeness (QED) is 0.423. The maximum Gasteiger partial charge on any atom is 0.145 e. The summed E-state index contributed by atoms with van der Waals surface area (Å²) in [5.74, 6) is 0. The Balaban J connectivity index is 2.33. The largest absolute Gasteiger partial charge is 0.298 e. The van der Waals surface area contributed by atoms with Gasteiger partial charge in [-0.1, -0.05) is 51.7 Å². The summed E-state index contributed by atoms with van der Waals surface area (Å²) in [6.45, 7) is 0. The second-order valence-electron chi connectivity index (χ2n) is 4.92. The van der Waals surface area contributed by atoms with Crippen molar-refractivity contribution in [1.82, 2.24) is 9.38 Å². The van der Waals surface area contributed by atoms with Crippen LogP contribution in [-0.4, -0.2) is 17.2 Å². The molecule has 0 bridgehead atoms. The number of nitrogens with zero attached hydrogens (tertiary/aromatic N) is 2. The third-order valence-electron chi connectivity index (χ3n) is 3.62. The summed E-state index contributed by atoms with van der Waals surface area (Å²) in [7, 11) is 2.09. The van der Waals surface area contributed by atoms with E-state index >= 15 is 0 Å². The molecule has 4 rings (SSSR count). The zero-order valence-corrected chi connectivity index (χ0v) is 13.9. The second kappa shape index (κ2) is 4.33. The molecule has 0 fully saturated rings. The first-order valence-corrected chi connectivity index (χ1v) is 7.89. The Labute approximate surface area is 133 Å². The van der Waals surface area contributed by atoms with Crippen LogP contribution >= 0.6 is 31.9 Å². The fraction of sp³-hybridized carbons (Fsp3) is 0. The van der Waals surface area contributed by atoms with E-state index in [0.717, 1.165) is 31.0 Å². The van der Waals surface area contributed by atoms with Gasteiger partial charge in [0.25, 0.3) is 0 Å². The average Bonchev–Trinajstić information content (AvgIpc) is 2.79. The summed E-state index contributed by atoms with van der Waals surface area (Å²) in [6.07, 6.45) is 2.10. The van der Waals surface area contributed by atoms with Crippen LogP contribution in [0.1, 0.15) is 0 Å². The molecule has 2 aromatic carbocycles. The Kier molecular flexibility index (Phi) is 2.69. The minimum Gasteiger partial charge on any atom is -0.298 e. The molecule has 20 heavy (non-hydrogen) atoms. The van der Waals surface area contributed by atoms with E-state index in [9.17, 15) is 0 Å². The van der Waals surface area contributed by atoms with Gasteiger partial charge in [0.15, 0.2) is 0 Å². The smallest absolute Gasteiger partial charge is 0.145 e. The zero-order chi connectivity index (χ0) is 13.9. The van der Waals surface area contributed by atoms with Crippen LogP contribution in [0.4, 0.5) is 0 Å². The lowest BCUT2D eigenvalue weighted by molar-refractivity contribution is 1.23. The molecule has 0 amide bonds. The Bertz CT molecular complexity index is 992. The molecule has 0 N–H and O–H groups in total. The molecule has 0 aliphatic carbocycles. The molecule has 0 aliphatic rings. The fourth-order valence-corrected chi connectivity index (χ4v) is 3.82. The molecule has 0 spiro atoms. The van der Waals surface area contributed by atoms with Crippen molar-refractivity contribution in [1.29, 1.82) is 0 Å². The number of halogens is 2. The van der Waals surface area contributed by atoms with Crippen molar-refractivity contribution in [3.05, 3.63) is 51.5 Å². The van der Waals surface area contributed by atoms with Gasteiger partial charge in [0.1, 0.15) is 13.5 Å². The van der Waals surface area contributed by atoms with E-state index in [1.165, 1.54) is 10.8 Å². The molecule has 0 radical (unpaired) electrons. The van der Waals surface area contributed by atoms with Crippen molar-refractivity contribution in [2.75, 3.05) is 0 Å². The van der Waals surface area contributed by atoms with Crippen LogP contribution in [0.2, 0.25) is 0 Å². The molecule has 2 nitrogen and oxygen atoms in total. The van der Waals surface area contributed by atoms with Gasteiger partial charge in [-0.2, -0.15) is 0 Å². The molecule has 0 atom stereocenters. The van der Waals surface area contributed by atoms with Gasteiger partial charge in [-0.15, -0.1) is 0 Å². The second-order valence-corrected chi connectivity index (χ2v) is 6.69. The molecule has 2 aromatic heterocycles. The summed E-state index contributed by atoms with van der Waals surface area (Å²) in [5, 5.41) is 2.35. The fourth-order valence-electron chi connectivity index (χ4n) is 2.71. The topological polar surface area (TPSA) is 17.3 Å². The van der Waals surface area contributed by atoms with Crippen LogP contribution in [0.5, 0.6) is 0 Å². The van der Waals surface area contributed by atoms with Crippen LogP contribution in [0.3, 0.4) is 0 Å². The zero-order valence-electron chi connectivity index (χ0n) is 10.7. The number of benzene rings is 2. The van der Waals surface area contributed by atoms with Gasteiger partial charge in [-0.25, -0.2) is 4.98 Å². The van der Waals surface area contributed by atoms with Crippen LogP contribution in [0.15, 0.2) is 51.5 Å². The van der Waals surface area contributed by atoms with Gasteiger partial charge in [0.2, 0.25) is 0 Å². The average molecular weight is 388 g/mol. The molecule has 2 heterocycles. The number of aromatic nitrogens is 2. The van der Waals surface area contributed by atoms with E-state index in [1.54, 1.807) is 0 Å². The maximum atomic E-state index is 4.85. The number of hydrogen-bond acceptors (Lipinski definition) is 1. The first-order valence-electron chi connectivity index (χ1n) is 6.30. The summed E-state index contributed by atoms with van der Waals surface area (Å²) in [4.78, 5) is 4.85. The van der Waals surface area contributed by atoms with Crippen molar-refractivity contribution in [2.24, 2.45) is 0 Å². The lowest BCUT2D eigenvalue weighted by Gasteiger charge is -2.04. The molecule has 0 aliphatic heterocycles. The highest BCUT2D eigenvalue weighted by molar-refractivity contribution is 9.11. The molecular formula is C15H9BBr2N2. The lowest BCUT2D eigenvalue weighted by Crippen LogP contribution is -2.03. The Morgan fingerprint density at radius 1 is 1.05 bits per heavy atom. The molecule has 0 saturated carbocycles. The third-order valence-corrected chi connectivity index (χ3v) is 4.71. The maximum absolute atomic E-state index is 4.85. The first-order chi connectivity index (χ1) is 9.65. The molecule has 0 saturated heterocycles. The predicted octanol–water partition coefficient (Wildman–Crippen LogP) is 3.42. The van der Waals surface area contributed by atoms with Gasteiger partial charge in [-0.3, -0.25) is 4.40 Å². The highest BCUT2D eigenvalue weighted by Gasteiger charge is 2.12. The Morgan fingerprint density at radius 2 is 1.80 bits per heavy atom. The molecule has 0 unspecified atom stereocenters. The highest BCUT2D eigenvalue weighted by Crippen LogP contribution is 2.30. The number of pyridine rings is 1. The first kappa shape index (κ1) is 12.4. The van der Waals surface area contributed by atoms with E-state index in [0.29, 0.717) is 0 Å². The Morgan fingerprint density at radius 3 is 2.60 bits per heavy atom. The normalized spacial score (nSPS) is 11.7. The highest BCUT2D eigenvalue weighted by atomic mass is 79.9. The van der Waals surface area contributed by atoms with Gasteiger partial charge < -0.3 is 0 Å². The summed E-state index contributed by atoms with van der Waals surface area (Å²) < 4.78 is 4.31. The number of hydrogen-bond donors (Lipinski definition) is 0. The summed E-state index contributed by atoms with van der Waals surface area (Å²) in [6, 6.07) is 12.5. The summed E-state index contributed by atoms with van der Waals surface area (Å²) in [5.41, 5.74) is 4.35. The van der Waals surface area contributed by atoms with Crippen LogP contribution in [-0.2, 0) is 0 Å². The van der Waals surface area contributed by atoms with Crippen molar-refractivity contribution in [3.8, 4) is 0 Å². The van der Waals surface area contributed by atoms with Crippen LogP contribution < -0.4 is 5.46 Å². The standard InChI is InChI=1S/C15H9BBr2N2/c16-11-5-8(17)6-13-14(11)19-15-10-4-2-1-3-9(10)12(18)7-20(13)15/h1-7H,16H2. The van der Waals surface area contributed by atoms with E-state index in [2.05, 4.69) is 80.6 Å². The number of fused-ring (bicyclic) bond motifs is 5. The van der Waals surface area contributed by atoms with E-state index < -0.39 is 0 Å². The lowest BCUT2D eigenvalue weighted by atomic mass is 9.95. The summed E-state index contributed by atoms with van der Waals surface area (Å²) >= 11 is 7.23. The molecule has 4 aromatic rings. The van der Waals surface area contributed by atoms with Gasteiger partial charge in [0.05, 0.1) is 11.0 Å². The van der Waals surface area contributed by atoms with Crippen molar-refractivity contribution in [2.45, 2.75) is 0 Å². The van der Waals surface area contributed by atoms with E-state index in [1.807, 2.05) is 6.07 Å². The van der Waals surface area contributed by atoms with E-state index in [4.69, 9.17) is 4.98 Å². The minimum atomic E-state index is 1.00. The number of imidazole rings is 1. The molecular weight excluding hydrogens is 379 g/mol. The monoisotopic (exact) mass is 386 g/mol. The molecule has 5 heteroatoms. The SMILES string of the molecule is Bc1cc(Br)cc2c1nc1c3ccccc3c(Br)cn21. The van der Waals surface area contributed by atoms with Crippen molar-refractivity contribution in [3.63, 3.8) is 0 Å². The van der Waals surface area contributed by atoms with Crippen molar-refractivity contribution >= 4 is 72.6 Å². The van der Waals surface area contributed by atoms with Gasteiger partial charge in [0, 0.05) is 25.9 Å². The predicted molar refractivity (Wildman–Crippen MR) is 93.8 cm³/mol. The van der Waals surface area contributed by atoms with Gasteiger partial charge >= 0.3 is 0 Å². The third kappa shape index (κ3) is 1.66. The Hall–Kier alpha value is -1.33. The van der Waals surface area contributed by atoms with Crippen LogP contribution in [0, 0.1) is 0 Å². The van der Waals surface area contributed by atoms with Crippen molar-refractivity contribution < 1.29 is 0 Å². The molecule has 96 valence electrons.